The molecular weight excluding hydrogens is 307 g/mol. The topological polar surface area (TPSA) is 62.8 Å². The molecule has 2 aromatic carbocycles. The molecule has 4 aromatic rings. The molecule has 0 saturated heterocycles. The van der Waals surface area contributed by atoms with Crippen LogP contribution in [0.3, 0.4) is 0 Å². The Labute approximate surface area is 137 Å². The van der Waals surface area contributed by atoms with Crippen LogP contribution in [0.4, 0.5) is 15.9 Å². The van der Waals surface area contributed by atoms with Crippen molar-refractivity contribution in [1.82, 2.24) is 15.0 Å². The largest absolute Gasteiger partial charge is 0.457 e. The van der Waals surface area contributed by atoms with Crippen LogP contribution in [0.25, 0.3) is 11.0 Å². The van der Waals surface area contributed by atoms with Gasteiger partial charge in [-0.05, 0) is 54.6 Å². The number of H-pyrrole nitrogens is 1. The van der Waals surface area contributed by atoms with E-state index in [1.54, 1.807) is 12.1 Å². The molecule has 2 N–H and O–H groups in total. The molecular formula is C18H13FN4O. The van der Waals surface area contributed by atoms with E-state index < -0.39 is 0 Å². The van der Waals surface area contributed by atoms with Crippen LogP contribution < -0.4 is 10.1 Å². The summed E-state index contributed by atoms with van der Waals surface area (Å²) < 4.78 is 18.6. The Bertz CT molecular complexity index is 964. The number of halogens is 1. The Hall–Kier alpha value is -3.41. The van der Waals surface area contributed by atoms with E-state index in [1.165, 1.54) is 18.5 Å². The molecule has 2 aromatic heterocycles. The fourth-order valence-corrected chi connectivity index (χ4v) is 2.35. The molecule has 6 heteroatoms. The van der Waals surface area contributed by atoms with Crippen LogP contribution >= 0.6 is 0 Å². The second-order valence-electron chi connectivity index (χ2n) is 5.17. The van der Waals surface area contributed by atoms with E-state index in [9.17, 15) is 4.39 Å². The summed E-state index contributed by atoms with van der Waals surface area (Å²) in [7, 11) is 0. The van der Waals surface area contributed by atoms with E-state index in [2.05, 4.69) is 20.3 Å². The molecule has 24 heavy (non-hydrogen) atoms. The molecule has 118 valence electrons. The molecule has 0 radical (unpaired) electrons. The molecule has 0 aliphatic rings. The van der Waals surface area contributed by atoms with Crippen molar-refractivity contribution in [2.45, 2.75) is 0 Å². The van der Waals surface area contributed by atoms with Gasteiger partial charge in [-0.2, -0.15) is 0 Å². The maximum atomic E-state index is 12.9. The highest BCUT2D eigenvalue weighted by molar-refractivity contribution is 5.88. The van der Waals surface area contributed by atoms with Gasteiger partial charge in [0.05, 0.1) is 5.39 Å². The average Bonchev–Trinajstić information content (AvgIpc) is 3.08. The van der Waals surface area contributed by atoms with E-state index >= 15 is 0 Å². The summed E-state index contributed by atoms with van der Waals surface area (Å²) in [6, 6.07) is 15.3. The monoisotopic (exact) mass is 320 g/mol. The molecule has 0 atom stereocenters. The lowest BCUT2D eigenvalue weighted by molar-refractivity contribution is 0.480. The van der Waals surface area contributed by atoms with Gasteiger partial charge in [0.25, 0.3) is 0 Å². The molecule has 0 saturated carbocycles. The fourth-order valence-electron chi connectivity index (χ4n) is 2.35. The minimum absolute atomic E-state index is 0.289. The van der Waals surface area contributed by atoms with Crippen molar-refractivity contribution < 1.29 is 9.13 Å². The first-order chi connectivity index (χ1) is 11.8. The number of nitrogens with one attached hydrogen (secondary N) is 2. The molecule has 2 heterocycles. The number of rotatable bonds is 4. The lowest BCUT2D eigenvalue weighted by atomic mass is 10.3. The minimum atomic E-state index is -0.289. The summed E-state index contributed by atoms with van der Waals surface area (Å²) in [5.74, 6) is 1.69. The van der Waals surface area contributed by atoms with Crippen LogP contribution in [0, 0.1) is 5.82 Å². The zero-order chi connectivity index (χ0) is 16.4. The first-order valence-corrected chi connectivity index (χ1v) is 7.36. The third kappa shape index (κ3) is 2.89. The van der Waals surface area contributed by atoms with Crippen LogP contribution in [0.15, 0.2) is 67.1 Å². The highest BCUT2D eigenvalue weighted by Crippen LogP contribution is 2.26. The van der Waals surface area contributed by atoms with Crippen LogP contribution in [-0.2, 0) is 0 Å². The van der Waals surface area contributed by atoms with Crippen molar-refractivity contribution in [2.24, 2.45) is 0 Å². The van der Waals surface area contributed by atoms with Gasteiger partial charge in [0.1, 0.15) is 35.1 Å². The van der Waals surface area contributed by atoms with Crippen molar-refractivity contribution in [1.29, 1.82) is 0 Å². The molecule has 0 spiro atoms. The first kappa shape index (κ1) is 14.2. The van der Waals surface area contributed by atoms with E-state index in [-0.39, 0.29) is 5.82 Å². The maximum absolute atomic E-state index is 12.9. The van der Waals surface area contributed by atoms with Crippen LogP contribution in [-0.4, -0.2) is 15.0 Å². The molecule has 0 fully saturated rings. The minimum Gasteiger partial charge on any atom is -0.457 e. The number of anilines is 2. The smallest absolute Gasteiger partial charge is 0.143 e. The maximum Gasteiger partial charge on any atom is 0.143 e. The van der Waals surface area contributed by atoms with Crippen molar-refractivity contribution in [3.8, 4) is 11.5 Å². The number of aromatic nitrogens is 3. The van der Waals surface area contributed by atoms with Crippen molar-refractivity contribution in [3.63, 3.8) is 0 Å². The Morgan fingerprint density at radius 1 is 0.875 bits per heavy atom. The Balaban J connectivity index is 1.51. The van der Waals surface area contributed by atoms with Gasteiger partial charge >= 0.3 is 0 Å². The predicted molar refractivity (Wildman–Crippen MR) is 90.1 cm³/mol. The first-order valence-electron chi connectivity index (χ1n) is 7.36. The summed E-state index contributed by atoms with van der Waals surface area (Å²) in [5.41, 5.74) is 1.66. The number of ether oxygens (including phenoxy) is 1. The van der Waals surface area contributed by atoms with E-state index in [4.69, 9.17) is 4.74 Å². The molecule has 5 nitrogen and oxygen atoms in total. The average molecular weight is 320 g/mol. The number of fused-ring (bicyclic) bond motifs is 1. The summed E-state index contributed by atoms with van der Waals surface area (Å²) in [6.07, 6.45) is 3.33. The van der Waals surface area contributed by atoms with Crippen molar-refractivity contribution >= 4 is 22.5 Å². The molecule has 0 amide bonds. The number of nitrogens with zero attached hydrogens (tertiary/aromatic N) is 2. The van der Waals surface area contributed by atoms with Crippen molar-refractivity contribution in [2.75, 3.05) is 5.32 Å². The van der Waals surface area contributed by atoms with Gasteiger partial charge in [0.2, 0.25) is 0 Å². The second kappa shape index (κ2) is 6.00. The highest BCUT2D eigenvalue weighted by atomic mass is 19.1. The highest BCUT2D eigenvalue weighted by Gasteiger charge is 2.05. The number of benzene rings is 2. The van der Waals surface area contributed by atoms with Crippen LogP contribution in [0.2, 0.25) is 0 Å². The van der Waals surface area contributed by atoms with Crippen LogP contribution in [0.1, 0.15) is 0 Å². The summed E-state index contributed by atoms with van der Waals surface area (Å²) >= 11 is 0. The standard InChI is InChI=1S/C18H13FN4O/c19-12-1-5-14(6-2-12)24-15-7-3-13(4-8-15)23-18-16-9-10-20-17(16)21-11-22-18/h1-11H,(H2,20,21,22,23). The van der Waals surface area contributed by atoms with Gasteiger partial charge in [-0.1, -0.05) is 0 Å². The molecule has 0 unspecified atom stereocenters. The van der Waals surface area contributed by atoms with Gasteiger partial charge in [-0.15, -0.1) is 0 Å². The quantitative estimate of drug-likeness (QED) is 0.575. The van der Waals surface area contributed by atoms with E-state index in [1.807, 2.05) is 36.5 Å². The fraction of sp³-hybridized carbons (Fsp3) is 0. The zero-order valence-corrected chi connectivity index (χ0v) is 12.5. The van der Waals surface area contributed by atoms with Crippen molar-refractivity contribution in [3.05, 3.63) is 72.9 Å². The Morgan fingerprint density at radius 2 is 1.58 bits per heavy atom. The van der Waals surface area contributed by atoms with Gasteiger partial charge < -0.3 is 15.0 Å². The number of hydrogen-bond donors (Lipinski definition) is 2. The zero-order valence-electron chi connectivity index (χ0n) is 12.5. The third-order valence-corrected chi connectivity index (χ3v) is 3.52. The molecule has 0 aliphatic heterocycles. The lowest BCUT2D eigenvalue weighted by Crippen LogP contribution is -1.95. The van der Waals surface area contributed by atoms with Crippen LogP contribution in [0.5, 0.6) is 11.5 Å². The summed E-state index contributed by atoms with van der Waals surface area (Å²) in [6.45, 7) is 0. The lowest BCUT2D eigenvalue weighted by Gasteiger charge is -2.09. The molecule has 0 aliphatic carbocycles. The van der Waals surface area contributed by atoms with E-state index in [0.717, 1.165) is 22.5 Å². The molecule has 0 bridgehead atoms. The molecule has 4 rings (SSSR count). The van der Waals surface area contributed by atoms with Gasteiger partial charge in [-0.3, -0.25) is 0 Å². The Morgan fingerprint density at radius 3 is 2.33 bits per heavy atom. The normalized spacial score (nSPS) is 10.7. The third-order valence-electron chi connectivity index (χ3n) is 3.52. The predicted octanol–water partition coefficient (Wildman–Crippen LogP) is 4.63. The van der Waals surface area contributed by atoms with Gasteiger partial charge in [0, 0.05) is 11.9 Å². The SMILES string of the molecule is Fc1ccc(Oc2ccc(Nc3ncnc4[nH]ccc34)cc2)cc1. The van der Waals surface area contributed by atoms with E-state index in [0.29, 0.717) is 11.5 Å². The number of hydrogen-bond acceptors (Lipinski definition) is 4. The summed E-state index contributed by atoms with van der Waals surface area (Å²) in [5, 5.41) is 4.18. The van der Waals surface area contributed by atoms with Gasteiger partial charge in [-0.25, -0.2) is 14.4 Å². The second-order valence-corrected chi connectivity index (χ2v) is 5.17. The van der Waals surface area contributed by atoms with Gasteiger partial charge in [0.15, 0.2) is 0 Å². The number of aromatic amines is 1. The summed E-state index contributed by atoms with van der Waals surface area (Å²) in [4.78, 5) is 11.5. The Kier molecular flexibility index (Phi) is 3.55.